The Hall–Kier alpha value is -3.01. The molecule has 22 heavy (non-hydrogen) atoms. The standard InChI is InChI=1S/C18H15NO3/c1-13-11-12-17(21-13)18(20)19-15-9-5-6-10-16(15)22-14-7-3-2-4-8-14/h2-12H,1H3,(H,19,20). The topological polar surface area (TPSA) is 51.5 Å². The third kappa shape index (κ3) is 3.17. The van der Waals surface area contributed by atoms with Gasteiger partial charge in [0.25, 0.3) is 5.91 Å². The first-order chi connectivity index (χ1) is 10.7. The number of furan rings is 1. The Labute approximate surface area is 128 Å². The highest BCUT2D eigenvalue weighted by atomic mass is 16.5. The van der Waals surface area contributed by atoms with Crippen LogP contribution in [0.5, 0.6) is 11.5 Å². The monoisotopic (exact) mass is 293 g/mol. The lowest BCUT2D eigenvalue weighted by Gasteiger charge is -2.11. The van der Waals surface area contributed by atoms with Crippen LogP contribution >= 0.6 is 0 Å². The van der Waals surface area contributed by atoms with Crippen LogP contribution in [0.25, 0.3) is 0 Å². The van der Waals surface area contributed by atoms with Gasteiger partial charge in [0, 0.05) is 0 Å². The summed E-state index contributed by atoms with van der Waals surface area (Å²) in [5.74, 6) is 1.94. The minimum absolute atomic E-state index is 0.270. The number of nitrogens with one attached hydrogen (secondary N) is 1. The summed E-state index contributed by atoms with van der Waals surface area (Å²) in [6, 6.07) is 20.1. The van der Waals surface area contributed by atoms with Crippen molar-refractivity contribution in [3.8, 4) is 11.5 Å². The maximum atomic E-state index is 12.2. The Morgan fingerprint density at radius 1 is 0.955 bits per heavy atom. The SMILES string of the molecule is Cc1ccc(C(=O)Nc2ccccc2Oc2ccccc2)o1. The van der Waals surface area contributed by atoms with Crippen molar-refractivity contribution in [2.24, 2.45) is 0 Å². The number of carbonyl (C=O) groups is 1. The van der Waals surface area contributed by atoms with Gasteiger partial charge in [-0.3, -0.25) is 4.79 Å². The van der Waals surface area contributed by atoms with Crippen molar-refractivity contribution in [3.05, 3.63) is 78.3 Å². The normalized spacial score (nSPS) is 10.2. The molecule has 0 radical (unpaired) electrons. The quantitative estimate of drug-likeness (QED) is 0.762. The molecule has 0 fully saturated rings. The molecule has 1 aromatic heterocycles. The Morgan fingerprint density at radius 3 is 2.41 bits per heavy atom. The Balaban J connectivity index is 1.81. The van der Waals surface area contributed by atoms with Crippen molar-refractivity contribution in [1.29, 1.82) is 0 Å². The highest BCUT2D eigenvalue weighted by Gasteiger charge is 2.13. The molecule has 3 aromatic rings. The van der Waals surface area contributed by atoms with E-state index in [2.05, 4.69) is 5.32 Å². The summed E-state index contributed by atoms with van der Waals surface area (Å²) in [5.41, 5.74) is 0.588. The fourth-order valence-electron chi connectivity index (χ4n) is 2.01. The lowest BCUT2D eigenvalue weighted by atomic mass is 10.2. The predicted molar refractivity (Wildman–Crippen MR) is 84.4 cm³/mol. The molecule has 1 heterocycles. The molecule has 2 aromatic carbocycles. The average molecular weight is 293 g/mol. The van der Waals surface area contributed by atoms with Gasteiger partial charge in [-0.2, -0.15) is 0 Å². The number of hydrogen-bond acceptors (Lipinski definition) is 3. The summed E-state index contributed by atoms with van der Waals surface area (Å²) in [6.45, 7) is 1.79. The highest BCUT2D eigenvalue weighted by Crippen LogP contribution is 2.29. The van der Waals surface area contributed by atoms with Gasteiger partial charge in [0.1, 0.15) is 11.5 Å². The second-order valence-electron chi connectivity index (χ2n) is 4.78. The smallest absolute Gasteiger partial charge is 0.291 e. The average Bonchev–Trinajstić information content (AvgIpc) is 2.97. The summed E-state index contributed by atoms with van der Waals surface area (Å²) < 4.78 is 11.1. The van der Waals surface area contributed by atoms with Gasteiger partial charge in [-0.25, -0.2) is 0 Å². The highest BCUT2D eigenvalue weighted by molar-refractivity contribution is 6.03. The molecule has 0 atom stereocenters. The molecule has 0 saturated carbocycles. The third-order valence-corrected chi connectivity index (χ3v) is 3.07. The maximum Gasteiger partial charge on any atom is 0.291 e. The molecular weight excluding hydrogens is 278 g/mol. The number of para-hydroxylation sites is 3. The molecule has 4 heteroatoms. The van der Waals surface area contributed by atoms with E-state index in [1.54, 1.807) is 31.2 Å². The fourth-order valence-corrected chi connectivity index (χ4v) is 2.01. The molecule has 0 spiro atoms. The molecule has 0 aliphatic rings. The van der Waals surface area contributed by atoms with Crippen LogP contribution < -0.4 is 10.1 Å². The second-order valence-corrected chi connectivity index (χ2v) is 4.78. The zero-order valence-corrected chi connectivity index (χ0v) is 12.1. The minimum Gasteiger partial charge on any atom is -0.456 e. The molecule has 0 saturated heterocycles. The first-order valence-corrected chi connectivity index (χ1v) is 6.92. The summed E-state index contributed by atoms with van der Waals surface area (Å²) in [6.07, 6.45) is 0. The summed E-state index contributed by atoms with van der Waals surface area (Å²) in [4.78, 5) is 12.2. The van der Waals surface area contributed by atoms with E-state index in [0.717, 1.165) is 0 Å². The Bertz CT molecular complexity index is 778. The maximum absolute atomic E-state index is 12.2. The Kier molecular flexibility index (Phi) is 3.92. The van der Waals surface area contributed by atoms with E-state index in [-0.39, 0.29) is 11.7 Å². The number of anilines is 1. The molecule has 110 valence electrons. The van der Waals surface area contributed by atoms with Crippen molar-refractivity contribution in [2.45, 2.75) is 6.92 Å². The van der Waals surface area contributed by atoms with Crippen LogP contribution in [0.3, 0.4) is 0 Å². The van der Waals surface area contributed by atoms with Gasteiger partial charge in [-0.05, 0) is 43.3 Å². The number of carbonyl (C=O) groups excluding carboxylic acids is 1. The molecule has 0 aliphatic carbocycles. The molecule has 1 N–H and O–H groups in total. The van der Waals surface area contributed by atoms with E-state index in [0.29, 0.717) is 22.9 Å². The van der Waals surface area contributed by atoms with Crippen LogP contribution in [-0.2, 0) is 0 Å². The largest absolute Gasteiger partial charge is 0.456 e. The summed E-state index contributed by atoms with van der Waals surface area (Å²) in [5, 5.41) is 2.80. The number of rotatable bonds is 4. The molecule has 4 nitrogen and oxygen atoms in total. The van der Waals surface area contributed by atoms with E-state index in [9.17, 15) is 4.79 Å². The van der Waals surface area contributed by atoms with Gasteiger partial charge >= 0.3 is 0 Å². The van der Waals surface area contributed by atoms with Gasteiger partial charge < -0.3 is 14.5 Å². The van der Waals surface area contributed by atoms with Crippen molar-refractivity contribution in [1.82, 2.24) is 0 Å². The van der Waals surface area contributed by atoms with Crippen LogP contribution in [0, 0.1) is 6.92 Å². The van der Waals surface area contributed by atoms with Crippen LogP contribution in [0.4, 0.5) is 5.69 Å². The summed E-state index contributed by atoms with van der Waals surface area (Å²) in [7, 11) is 0. The van der Waals surface area contributed by atoms with Gasteiger partial charge in [0.2, 0.25) is 0 Å². The zero-order valence-electron chi connectivity index (χ0n) is 12.1. The van der Waals surface area contributed by atoms with Gasteiger partial charge in [0.05, 0.1) is 5.69 Å². The number of hydrogen-bond donors (Lipinski definition) is 1. The van der Waals surface area contributed by atoms with Gasteiger partial charge in [-0.15, -0.1) is 0 Å². The van der Waals surface area contributed by atoms with Crippen molar-refractivity contribution in [2.75, 3.05) is 5.32 Å². The Morgan fingerprint density at radius 2 is 1.68 bits per heavy atom. The van der Waals surface area contributed by atoms with Crippen LogP contribution in [-0.4, -0.2) is 5.91 Å². The second kappa shape index (κ2) is 6.18. The fraction of sp³-hybridized carbons (Fsp3) is 0.0556. The van der Waals surface area contributed by atoms with Crippen molar-refractivity contribution >= 4 is 11.6 Å². The molecular formula is C18H15NO3. The van der Waals surface area contributed by atoms with E-state index in [4.69, 9.17) is 9.15 Å². The van der Waals surface area contributed by atoms with E-state index >= 15 is 0 Å². The number of ether oxygens (including phenoxy) is 1. The molecule has 0 bridgehead atoms. The molecule has 3 rings (SSSR count). The first-order valence-electron chi connectivity index (χ1n) is 6.92. The van der Waals surface area contributed by atoms with Crippen LogP contribution in [0.1, 0.15) is 16.3 Å². The molecule has 0 aliphatic heterocycles. The predicted octanol–water partition coefficient (Wildman–Crippen LogP) is 4.63. The minimum atomic E-state index is -0.308. The van der Waals surface area contributed by atoms with Crippen LogP contribution in [0.2, 0.25) is 0 Å². The van der Waals surface area contributed by atoms with E-state index < -0.39 is 0 Å². The van der Waals surface area contributed by atoms with Crippen LogP contribution in [0.15, 0.2) is 71.1 Å². The number of benzene rings is 2. The summed E-state index contributed by atoms with van der Waals surface area (Å²) >= 11 is 0. The first kappa shape index (κ1) is 13.9. The van der Waals surface area contributed by atoms with Gasteiger partial charge in [0.15, 0.2) is 11.5 Å². The van der Waals surface area contributed by atoms with E-state index in [1.807, 2.05) is 42.5 Å². The number of aryl methyl sites for hydroxylation is 1. The number of amides is 1. The lowest BCUT2D eigenvalue weighted by Crippen LogP contribution is -2.11. The van der Waals surface area contributed by atoms with Gasteiger partial charge in [-0.1, -0.05) is 30.3 Å². The molecule has 1 amide bonds. The van der Waals surface area contributed by atoms with E-state index in [1.165, 1.54) is 0 Å². The third-order valence-electron chi connectivity index (χ3n) is 3.07. The van der Waals surface area contributed by atoms with Crippen molar-refractivity contribution < 1.29 is 13.9 Å². The lowest BCUT2D eigenvalue weighted by molar-refractivity contribution is 0.0995. The molecule has 0 unspecified atom stereocenters. The van der Waals surface area contributed by atoms with Crippen molar-refractivity contribution in [3.63, 3.8) is 0 Å². The zero-order chi connectivity index (χ0) is 15.4.